The monoisotopic (exact) mass is 348 g/mol. The van der Waals surface area contributed by atoms with Crippen LogP contribution in [-0.4, -0.2) is 30.9 Å². The third-order valence-electron chi connectivity index (χ3n) is 3.35. The summed E-state index contributed by atoms with van der Waals surface area (Å²) >= 11 is 5.97. The Morgan fingerprint density at radius 3 is 2.46 bits per heavy atom. The molecule has 0 saturated carbocycles. The highest BCUT2D eigenvalue weighted by Gasteiger charge is 2.16. The Morgan fingerprint density at radius 2 is 1.83 bits per heavy atom. The summed E-state index contributed by atoms with van der Waals surface area (Å²) in [5, 5.41) is 14.6. The van der Waals surface area contributed by atoms with E-state index in [2.05, 4.69) is 10.5 Å². The van der Waals surface area contributed by atoms with E-state index in [1.54, 1.807) is 43.3 Å². The number of amides is 1. The number of benzene rings is 2. The molecule has 0 bridgehead atoms. The maximum Gasteiger partial charge on any atom is 0.272 e. The van der Waals surface area contributed by atoms with E-state index >= 15 is 0 Å². The molecule has 0 saturated heterocycles. The molecule has 0 heterocycles. The summed E-state index contributed by atoms with van der Waals surface area (Å²) in [4.78, 5) is 12.1. The number of ether oxygens (including phenoxy) is 2. The number of hydrogen-bond donors (Lipinski definition) is 2. The lowest BCUT2D eigenvalue weighted by atomic mass is 10.1. The van der Waals surface area contributed by atoms with Gasteiger partial charge in [-0.2, -0.15) is 5.10 Å². The molecule has 6 nitrogen and oxygen atoms in total. The van der Waals surface area contributed by atoms with Crippen molar-refractivity contribution in [3.8, 4) is 17.2 Å². The highest BCUT2D eigenvalue weighted by Crippen LogP contribution is 2.39. The smallest absolute Gasteiger partial charge is 0.272 e. The second-order valence-corrected chi connectivity index (χ2v) is 5.22. The number of hydrogen-bond acceptors (Lipinski definition) is 5. The number of carbonyl (C=O) groups excluding carboxylic acids is 1. The highest BCUT2D eigenvalue weighted by atomic mass is 35.5. The van der Waals surface area contributed by atoms with Gasteiger partial charge < -0.3 is 14.6 Å². The largest absolute Gasteiger partial charge is 0.504 e. The molecule has 2 aromatic rings. The van der Waals surface area contributed by atoms with Crippen LogP contribution in [0.2, 0.25) is 5.02 Å². The van der Waals surface area contributed by atoms with E-state index in [1.165, 1.54) is 14.2 Å². The Morgan fingerprint density at radius 1 is 1.12 bits per heavy atom. The maximum absolute atomic E-state index is 12.1. The van der Waals surface area contributed by atoms with Crippen molar-refractivity contribution in [2.75, 3.05) is 14.2 Å². The van der Waals surface area contributed by atoms with E-state index in [0.717, 1.165) is 0 Å². The van der Waals surface area contributed by atoms with E-state index < -0.39 is 5.91 Å². The molecule has 126 valence electrons. The molecule has 0 spiro atoms. The molecule has 0 unspecified atom stereocenters. The number of nitrogens with zero attached hydrogens (tertiary/aromatic N) is 1. The lowest BCUT2D eigenvalue weighted by molar-refractivity contribution is 0.0955. The molecular formula is C17H17ClN2O4. The van der Waals surface area contributed by atoms with Gasteiger partial charge in [-0.05, 0) is 31.2 Å². The first-order chi connectivity index (χ1) is 11.5. The molecule has 24 heavy (non-hydrogen) atoms. The van der Waals surface area contributed by atoms with E-state index in [1.807, 2.05) is 0 Å². The fourth-order valence-electron chi connectivity index (χ4n) is 2.10. The van der Waals surface area contributed by atoms with Gasteiger partial charge in [0.25, 0.3) is 5.91 Å². The second kappa shape index (κ2) is 7.70. The summed E-state index contributed by atoms with van der Waals surface area (Å²) in [7, 11) is 2.90. The van der Waals surface area contributed by atoms with Crippen molar-refractivity contribution in [1.82, 2.24) is 5.43 Å². The summed E-state index contributed by atoms with van der Waals surface area (Å²) in [6.45, 7) is 1.65. The Balaban J connectivity index is 2.26. The predicted molar refractivity (Wildman–Crippen MR) is 92.3 cm³/mol. The van der Waals surface area contributed by atoms with Gasteiger partial charge in [0.2, 0.25) is 5.75 Å². The van der Waals surface area contributed by atoms with Crippen molar-refractivity contribution in [1.29, 1.82) is 0 Å². The van der Waals surface area contributed by atoms with Crippen molar-refractivity contribution in [3.05, 3.63) is 52.5 Å². The molecule has 1 amide bonds. The first-order valence-electron chi connectivity index (χ1n) is 7.03. The fourth-order valence-corrected chi connectivity index (χ4v) is 2.32. The summed E-state index contributed by atoms with van der Waals surface area (Å²) in [5.41, 5.74) is 3.53. The zero-order valence-corrected chi connectivity index (χ0v) is 14.2. The van der Waals surface area contributed by atoms with E-state index in [0.29, 0.717) is 27.6 Å². The Kier molecular flexibility index (Phi) is 5.65. The number of hydrazone groups is 1. The van der Waals surface area contributed by atoms with E-state index in [9.17, 15) is 9.90 Å². The fraction of sp³-hybridized carbons (Fsp3) is 0.176. The van der Waals surface area contributed by atoms with Crippen molar-refractivity contribution in [2.45, 2.75) is 6.92 Å². The van der Waals surface area contributed by atoms with Gasteiger partial charge in [-0.1, -0.05) is 23.7 Å². The first kappa shape index (κ1) is 17.6. The average molecular weight is 349 g/mol. The van der Waals surface area contributed by atoms with Crippen LogP contribution >= 0.6 is 11.6 Å². The molecule has 0 aliphatic heterocycles. The van der Waals surface area contributed by atoms with Crippen LogP contribution in [0.3, 0.4) is 0 Å². The van der Waals surface area contributed by atoms with Gasteiger partial charge in [0.05, 0.1) is 30.5 Å². The molecule has 7 heteroatoms. The summed E-state index contributed by atoms with van der Waals surface area (Å²) in [6.07, 6.45) is 0. The normalized spacial score (nSPS) is 11.1. The molecule has 0 aromatic heterocycles. The lowest BCUT2D eigenvalue weighted by Crippen LogP contribution is -2.19. The number of methoxy groups -OCH3 is 2. The molecule has 2 aromatic carbocycles. The Labute approximate surface area is 144 Å². The summed E-state index contributed by atoms with van der Waals surface area (Å²) in [6, 6.07) is 9.91. The molecule has 2 N–H and O–H groups in total. The minimum Gasteiger partial charge on any atom is -0.504 e. The van der Waals surface area contributed by atoms with Gasteiger partial charge in [-0.3, -0.25) is 4.79 Å². The standard InChI is InChI=1S/C17H17ClN2O4/c1-10(11-8-9-14(23-2)16(24-3)15(11)21)19-20-17(22)12-6-4-5-7-13(12)18/h4-9,21H,1-3H3,(H,20,22)/b19-10+. The quantitative estimate of drug-likeness (QED) is 0.642. The topological polar surface area (TPSA) is 80.2 Å². The van der Waals surface area contributed by atoms with Crippen LogP contribution < -0.4 is 14.9 Å². The second-order valence-electron chi connectivity index (χ2n) is 4.82. The van der Waals surface area contributed by atoms with Crippen LogP contribution in [-0.2, 0) is 0 Å². The van der Waals surface area contributed by atoms with E-state index in [4.69, 9.17) is 21.1 Å². The first-order valence-corrected chi connectivity index (χ1v) is 7.40. The number of rotatable bonds is 5. The molecule has 0 atom stereocenters. The van der Waals surface area contributed by atoms with Gasteiger partial charge in [0.1, 0.15) is 0 Å². The van der Waals surface area contributed by atoms with Gasteiger partial charge in [0.15, 0.2) is 11.5 Å². The zero-order chi connectivity index (χ0) is 17.7. The number of phenols is 1. The maximum atomic E-state index is 12.1. The van der Waals surface area contributed by atoms with Crippen molar-refractivity contribution in [3.63, 3.8) is 0 Å². The molecule has 2 rings (SSSR count). The van der Waals surface area contributed by atoms with E-state index in [-0.39, 0.29) is 11.5 Å². The van der Waals surface area contributed by atoms with Crippen LogP contribution in [0.1, 0.15) is 22.8 Å². The van der Waals surface area contributed by atoms with Gasteiger partial charge in [-0.15, -0.1) is 0 Å². The third-order valence-corrected chi connectivity index (χ3v) is 3.68. The lowest BCUT2D eigenvalue weighted by Gasteiger charge is -2.12. The molecule has 0 aliphatic carbocycles. The minimum atomic E-state index is -0.445. The van der Waals surface area contributed by atoms with Crippen LogP contribution in [0, 0.1) is 0 Å². The van der Waals surface area contributed by atoms with Crippen LogP contribution in [0.25, 0.3) is 0 Å². The van der Waals surface area contributed by atoms with Gasteiger partial charge >= 0.3 is 0 Å². The molecule has 0 fully saturated rings. The Hall–Kier alpha value is -2.73. The Bertz CT molecular complexity index is 790. The van der Waals surface area contributed by atoms with Crippen molar-refractivity contribution in [2.24, 2.45) is 5.10 Å². The minimum absolute atomic E-state index is 0.120. The molecule has 0 aliphatic rings. The number of carbonyl (C=O) groups is 1. The highest BCUT2D eigenvalue weighted by molar-refractivity contribution is 6.33. The molecule has 0 radical (unpaired) electrons. The van der Waals surface area contributed by atoms with Crippen LogP contribution in [0.5, 0.6) is 17.2 Å². The van der Waals surface area contributed by atoms with Crippen LogP contribution in [0.15, 0.2) is 41.5 Å². The van der Waals surface area contributed by atoms with Gasteiger partial charge in [0, 0.05) is 5.56 Å². The summed E-state index contributed by atoms with van der Waals surface area (Å²) < 4.78 is 10.2. The van der Waals surface area contributed by atoms with Gasteiger partial charge in [-0.25, -0.2) is 5.43 Å². The molecular weight excluding hydrogens is 332 g/mol. The number of nitrogens with one attached hydrogen (secondary N) is 1. The summed E-state index contributed by atoms with van der Waals surface area (Å²) in [5.74, 6) is 0.0265. The third kappa shape index (κ3) is 3.60. The SMILES string of the molecule is COc1ccc(/C(C)=N/NC(=O)c2ccccc2Cl)c(O)c1OC. The number of halogens is 1. The average Bonchev–Trinajstić information content (AvgIpc) is 2.59. The number of aromatic hydroxyl groups is 1. The number of phenolic OH excluding ortho intramolecular Hbond substituents is 1. The predicted octanol–water partition coefficient (Wildman–Crippen LogP) is 3.22. The van der Waals surface area contributed by atoms with Crippen LogP contribution in [0.4, 0.5) is 0 Å². The van der Waals surface area contributed by atoms with Crippen molar-refractivity contribution >= 4 is 23.2 Å². The zero-order valence-electron chi connectivity index (χ0n) is 13.5. The van der Waals surface area contributed by atoms with Crippen molar-refractivity contribution < 1.29 is 19.4 Å².